The van der Waals surface area contributed by atoms with Crippen LogP contribution in [0.25, 0.3) is 11.1 Å². The number of pyridine rings is 1. The Bertz CT molecular complexity index is 2090. The first kappa shape index (κ1) is 35.2. The van der Waals surface area contributed by atoms with Gasteiger partial charge in [-0.25, -0.2) is 0 Å². The van der Waals surface area contributed by atoms with Gasteiger partial charge in [0, 0.05) is 41.7 Å². The molecule has 0 saturated carbocycles. The second-order valence-corrected chi connectivity index (χ2v) is 12.8. The van der Waals surface area contributed by atoms with E-state index in [-0.39, 0.29) is 13.2 Å². The number of carbonyl (C=O) groups is 1. The summed E-state index contributed by atoms with van der Waals surface area (Å²) in [5.41, 5.74) is 7.30. The average molecular weight is 696 g/mol. The largest absolute Gasteiger partial charge is 0.493 e. The van der Waals surface area contributed by atoms with Crippen molar-refractivity contribution in [3.05, 3.63) is 141 Å². The monoisotopic (exact) mass is 695 g/mol. The number of hydrogen-bond donors (Lipinski definition) is 0. The molecule has 7 nitrogen and oxygen atoms in total. The minimum Gasteiger partial charge on any atom is -0.493 e. The van der Waals surface area contributed by atoms with Crippen LogP contribution in [0.1, 0.15) is 63.0 Å². The van der Waals surface area contributed by atoms with Crippen LogP contribution in [0.15, 0.2) is 97.3 Å². The van der Waals surface area contributed by atoms with Crippen molar-refractivity contribution in [3.63, 3.8) is 0 Å². The van der Waals surface area contributed by atoms with Crippen molar-refractivity contribution in [2.75, 3.05) is 26.2 Å². The van der Waals surface area contributed by atoms with Crippen LogP contribution in [0.3, 0.4) is 0 Å². The molecule has 256 valence electrons. The molecule has 2 heterocycles. The molecular formula is C43H38ClN3O4. The van der Waals surface area contributed by atoms with E-state index in [1.54, 1.807) is 18.3 Å². The zero-order valence-electron chi connectivity index (χ0n) is 28.5. The number of carbonyl (C=O) groups excluding carboxylic acids is 1. The maximum absolute atomic E-state index is 11.8. The maximum atomic E-state index is 11.8. The van der Waals surface area contributed by atoms with Gasteiger partial charge in [-0.15, -0.1) is 0 Å². The summed E-state index contributed by atoms with van der Waals surface area (Å²) < 4.78 is 18.5. The zero-order valence-corrected chi connectivity index (χ0v) is 29.3. The van der Waals surface area contributed by atoms with Gasteiger partial charge in [-0.1, -0.05) is 59.8 Å². The highest BCUT2D eigenvalue weighted by Crippen LogP contribution is 2.35. The van der Waals surface area contributed by atoms with E-state index in [1.165, 1.54) is 38.2 Å². The van der Waals surface area contributed by atoms with Gasteiger partial charge in [-0.3, -0.25) is 9.78 Å². The summed E-state index contributed by atoms with van der Waals surface area (Å²) in [5, 5.41) is 9.48. The number of aldehydes is 1. The lowest BCUT2D eigenvalue weighted by atomic mass is 9.95. The molecule has 0 aliphatic carbocycles. The number of likely N-dealkylation sites (tertiary alicyclic amines) is 1. The lowest BCUT2D eigenvalue weighted by Gasteiger charge is -2.17. The average Bonchev–Trinajstić information content (AvgIpc) is 3.69. The quantitative estimate of drug-likeness (QED) is 0.0691. The molecule has 0 unspecified atom stereocenters. The highest BCUT2D eigenvalue weighted by atomic mass is 35.5. The fraction of sp³-hybridized carbons (Fsp3) is 0.233. The molecule has 0 N–H and O–H groups in total. The molecule has 8 heteroatoms. The van der Waals surface area contributed by atoms with E-state index in [2.05, 4.69) is 52.9 Å². The number of nitrogens with zero attached hydrogens (tertiary/aromatic N) is 3. The molecule has 4 aromatic carbocycles. The molecule has 0 amide bonds. The van der Waals surface area contributed by atoms with Gasteiger partial charge in [-0.05, 0) is 104 Å². The van der Waals surface area contributed by atoms with Gasteiger partial charge in [0.05, 0.1) is 22.8 Å². The Kier molecular flexibility index (Phi) is 12.0. The van der Waals surface area contributed by atoms with Gasteiger partial charge < -0.3 is 19.1 Å². The third-order valence-electron chi connectivity index (χ3n) is 8.77. The molecule has 51 heavy (non-hydrogen) atoms. The van der Waals surface area contributed by atoms with Gasteiger partial charge in [0.15, 0.2) is 6.29 Å². The number of nitriles is 1. The number of rotatable bonds is 13. The second-order valence-electron chi connectivity index (χ2n) is 12.4. The molecule has 0 bridgehead atoms. The SMILES string of the molecule is Cc1c(COc2cc(OCc3cncc(C#N)c3)c(C=O)cc2Cl)cccc1-c1cc(C#Cc2ccccc2)cc(OCCCN2CCCC2)c1. The van der Waals surface area contributed by atoms with Gasteiger partial charge >= 0.3 is 0 Å². The first-order valence-corrected chi connectivity index (χ1v) is 17.4. The van der Waals surface area contributed by atoms with E-state index in [9.17, 15) is 10.1 Å². The van der Waals surface area contributed by atoms with Crippen LogP contribution in [0, 0.1) is 30.1 Å². The standard InChI is InChI=1S/C43H38ClN3O4/c1-31-36(30-51-43-24-42(38(28-48)23-41(43)44)50-29-35-19-34(25-45)26-46-27-35)11-7-12-40(31)37-20-33(14-13-32-9-3-2-4-10-32)21-39(22-37)49-18-8-17-47-15-5-6-16-47/h2-4,7,9-12,19-24,26-28H,5-6,8,15-18,29-30H2,1H3. The van der Waals surface area contributed by atoms with Crippen LogP contribution in [0.5, 0.6) is 17.2 Å². The summed E-state index contributed by atoms with van der Waals surface area (Å²) in [6, 6.07) is 29.2. The van der Waals surface area contributed by atoms with Crippen LogP contribution in [0.2, 0.25) is 5.02 Å². The van der Waals surface area contributed by atoms with Crippen molar-refractivity contribution in [2.45, 2.75) is 39.4 Å². The number of hydrogen-bond acceptors (Lipinski definition) is 7. The lowest BCUT2D eigenvalue weighted by Crippen LogP contribution is -2.21. The van der Waals surface area contributed by atoms with E-state index in [1.807, 2.05) is 48.5 Å². The third-order valence-corrected chi connectivity index (χ3v) is 9.06. The summed E-state index contributed by atoms with van der Waals surface area (Å²) in [5.74, 6) is 8.12. The first-order valence-electron chi connectivity index (χ1n) is 17.0. The van der Waals surface area contributed by atoms with Gasteiger partial charge in [0.1, 0.15) is 36.5 Å². The van der Waals surface area contributed by atoms with Crippen LogP contribution >= 0.6 is 11.6 Å². The molecule has 0 spiro atoms. The summed E-state index contributed by atoms with van der Waals surface area (Å²) >= 11 is 6.55. The normalized spacial score (nSPS) is 12.4. The topological polar surface area (TPSA) is 84.7 Å². The molecule has 6 rings (SSSR count). The van der Waals surface area contributed by atoms with E-state index in [0.29, 0.717) is 46.1 Å². The molecule has 1 aliphatic rings. The van der Waals surface area contributed by atoms with Crippen LogP contribution in [-0.2, 0) is 13.2 Å². The van der Waals surface area contributed by atoms with Crippen molar-refractivity contribution in [1.82, 2.24) is 9.88 Å². The Balaban J connectivity index is 1.21. The zero-order chi connectivity index (χ0) is 35.4. The third kappa shape index (κ3) is 9.55. The van der Waals surface area contributed by atoms with Gasteiger partial charge in [0.2, 0.25) is 0 Å². The van der Waals surface area contributed by atoms with E-state index in [4.69, 9.17) is 25.8 Å². The molecule has 0 atom stereocenters. The predicted molar refractivity (Wildman–Crippen MR) is 199 cm³/mol. The van der Waals surface area contributed by atoms with E-state index >= 15 is 0 Å². The second kappa shape index (κ2) is 17.4. The predicted octanol–water partition coefficient (Wildman–Crippen LogP) is 8.82. The fourth-order valence-electron chi connectivity index (χ4n) is 6.03. The lowest BCUT2D eigenvalue weighted by molar-refractivity contribution is 0.111. The summed E-state index contributed by atoms with van der Waals surface area (Å²) in [7, 11) is 0. The molecular weight excluding hydrogens is 658 g/mol. The molecule has 1 aliphatic heterocycles. The number of halogens is 1. The van der Waals surface area contributed by atoms with Crippen LogP contribution in [0.4, 0.5) is 0 Å². The van der Waals surface area contributed by atoms with Crippen molar-refractivity contribution >= 4 is 17.9 Å². The molecule has 1 saturated heterocycles. The molecule has 0 radical (unpaired) electrons. The Morgan fingerprint density at radius 1 is 0.843 bits per heavy atom. The Morgan fingerprint density at radius 2 is 1.65 bits per heavy atom. The van der Waals surface area contributed by atoms with E-state index in [0.717, 1.165) is 52.1 Å². The number of benzene rings is 4. The molecule has 1 fully saturated rings. The van der Waals surface area contributed by atoms with Crippen molar-refractivity contribution in [2.24, 2.45) is 0 Å². The van der Waals surface area contributed by atoms with Crippen molar-refractivity contribution in [3.8, 4) is 46.3 Å². The minimum atomic E-state index is 0.116. The summed E-state index contributed by atoms with van der Waals surface area (Å²) in [4.78, 5) is 18.4. The highest BCUT2D eigenvalue weighted by molar-refractivity contribution is 6.32. The van der Waals surface area contributed by atoms with Crippen LogP contribution < -0.4 is 14.2 Å². The van der Waals surface area contributed by atoms with Crippen LogP contribution in [-0.4, -0.2) is 42.4 Å². The smallest absolute Gasteiger partial charge is 0.153 e. The molecule has 1 aromatic heterocycles. The summed E-state index contributed by atoms with van der Waals surface area (Å²) in [6.45, 7) is 6.46. The van der Waals surface area contributed by atoms with Gasteiger partial charge in [0.25, 0.3) is 0 Å². The van der Waals surface area contributed by atoms with Gasteiger partial charge in [-0.2, -0.15) is 5.26 Å². The molecule has 5 aromatic rings. The number of ether oxygens (including phenoxy) is 3. The number of aromatic nitrogens is 1. The Hall–Kier alpha value is -5.60. The summed E-state index contributed by atoms with van der Waals surface area (Å²) in [6.07, 6.45) is 7.31. The Morgan fingerprint density at radius 3 is 2.45 bits per heavy atom. The first-order chi connectivity index (χ1) is 25.0. The fourth-order valence-corrected chi connectivity index (χ4v) is 6.26. The van der Waals surface area contributed by atoms with E-state index < -0.39 is 0 Å². The van der Waals surface area contributed by atoms with Crippen molar-refractivity contribution in [1.29, 1.82) is 5.26 Å². The van der Waals surface area contributed by atoms with Crippen molar-refractivity contribution < 1.29 is 19.0 Å². The maximum Gasteiger partial charge on any atom is 0.153 e. The minimum absolute atomic E-state index is 0.116. The Labute approximate surface area is 304 Å². The highest BCUT2D eigenvalue weighted by Gasteiger charge is 2.15.